The van der Waals surface area contributed by atoms with Gasteiger partial charge in [0, 0.05) is 36.4 Å². The van der Waals surface area contributed by atoms with Crippen LogP contribution in [0.4, 0.5) is 11.4 Å². The lowest BCUT2D eigenvalue weighted by atomic mass is 10.2. The molecule has 0 aliphatic rings. The van der Waals surface area contributed by atoms with E-state index in [1.165, 1.54) is 6.07 Å². The predicted octanol–water partition coefficient (Wildman–Crippen LogP) is 2.88. The van der Waals surface area contributed by atoms with Crippen molar-refractivity contribution in [3.05, 3.63) is 45.5 Å². The van der Waals surface area contributed by atoms with Gasteiger partial charge >= 0.3 is 5.69 Å². The molecule has 1 amide bonds. The van der Waals surface area contributed by atoms with E-state index in [2.05, 4.69) is 10.3 Å². The maximum Gasteiger partial charge on any atom is 0.314 e. The Morgan fingerprint density at radius 1 is 1.52 bits per heavy atom. The number of nitro groups is 1. The number of aryl methyl sites for hydroxylation is 2. The van der Waals surface area contributed by atoms with E-state index < -0.39 is 16.4 Å². The van der Waals surface area contributed by atoms with Gasteiger partial charge in [-0.1, -0.05) is 11.6 Å². The summed E-state index contributed by atoms with van der Waals surface area (Å²) < 4.78 is 1.91. The lowest BCUT2D eigenvalue weighted by molar-refractivity contribution is -0.385. The number of carbonyl (C=O) groups is 1. The molecule has 0 aliphatic heterocycles. The highest BCUT2D eigenvalue weighted by Gasteiger charge is 2.20. The number of imidazole rings is 1. The molecule has 1 aromatic carbocycles. The molecule has 0 aliphatic carbocycles. The number of aromatic nitrogens is 2. The molecule has 122 valence electrons. The fourth-order valence-corrected chi connectivity index (χ4v) is 2.29. The van der Waals surface area contributed by atoms with Gasteiger partial charge in [0.15, 0.2) is 0 Å². The van der Waals surface area contributed by atoms with Crippen molar-refractivity contribution < 1.29 is 14.8 Å². The summed E-state index contributed by atoms with van der Waals surface area (Å²) in [5, 5.41) is 23.1. The second-order valence-electron chi connectivity index (χ2n) is 4.90. The standard InChI is InChI=1S/C14H15ClN4O4/c1-9-16-4-6-18(9)5-2-3-13(20)17-11-7-10(15)8-12(14(11)21)19(22)23/h4,6-8,21H,2-3,5H2,1H3,(H,17,20). The number of nitro benzene ring substituents is 1. The second-order valence-corrected chi connectivity index (χ2v) is 5.33. The van der Waals surface area contributed by atoms with Crippen LogP contribution >= 0.6 is 11.6 Å². The summed E-state index contributed by atoms with van der Waals surface area (Å²) in [7, 11) is 0. The van der Waals surface area contributed by atoms with Gasteiger partial charge in [-0.05, 0) is 19.4 Å². The van der Waals surface area contributed by atoms with Crippen molar-refractivity contribution in [2.24, 2.45) is 0 Å². The van der Waals surface area contributed by atoms with Gasteiger partial charge in [0.25, 0.3) is 0 Å². The molecular weight excluding hydrogens is 324 g/mol. The number of carbonyl (C=O) groups excluding carboxylic acids is 1. The lowest BCUT2D eigenvalue weighted by Crippen LogP contribution is -2.13. The minimum absolute atomic E-state index is 0.0545. The van der Waals surface area contributed by atoms with Crippen molar-refractivity contribution in [1.29, 1.82) is 0 Å². The van der Waals surface area contributed by atoms with E-state index >= 15 is 0 Å². The van der Waals surface area contributed by atoms with Crippen molar-refractivity contribution in [3.63, 3.8) is 0 Å². The first-order valence-corrected chi connectivity index (χ1v) is 7.20. The van der Waals surface area contributed by atoms with Crippen LogP contribution in [0.25, 0.3) is 0 Å². The Bertz CT molecular complexity index is 744. The third-order valence-electron chi connectivity index (χ3n) is 3.25. The van der Waals surface area contributed by atoms with Gasteiger partial charge in [-0.25, -0.2) is 4.98 Å². The summed E-state index contributed by atoms with van der Waals surface area (Å²) in [5.41, 5.74) is -0.630. The molecular formula is C14H15ClN4O4. The third kappa shape index (κ3) is 4.19. The summed E-state index contributed by atoms with van der Waals surface area (Å²) in [6, 6.07) is 2.29. The smallest absolute Gasteiger partial charge is 0.314 e. The predicted molar refractivity (Wildman–Crippen MR) is 84.6 cm³/mol. The lowest BCUT2D eigenvalue weighted by Gasteiger charge is -2.09. The second kappa shape index (κ2) is 7.10. The largest absolute Gasteiger partial charge is 0.501 e. The fourth-order valence-electron chi connectivity index (χ4n) is 2.08. The molecule has 0 bridgehead atoms. The highest BCUT2D eigenvalue weighted by atomic mass is 35.5. The third-order valence-corrected chi connectivity index (χ3v) is 3.47. The molecule has 23 heavy (non-hydrogen) atoms. The molecule has 1 heterocycles. The first-order chi connectivity index (χ1) is 10.9. The number of phenols is 1. The Balaban J connectivity index is 1.97. The summed E-state index contributed by atoms with van der Waals surface area (Å²) in [6.07, 6.45) is 4.25. The molecule has 2 N–H and O–H groups in total. The zero-order chi connectivity index (χ0) is 17.0. The molecule has 8 nitrogen and oxygen atoms in total. The van der Waals surface area contributed by atoms with E-state index in [1.54, 1.807) is 6.20 Å². The molecule has 0 radical (unpaired) electrons. The maximum absolute atomic E-state index is 11.9. The van der Waals surface area contributed by atoms with Crippen LogP contribution in [0.15, 0.2) is 24.5 Å². The van der Waals surface area contributed by atoms with Crippen molar-refractivity contribution in [1.82, 2.24) is 9.55 Å². The number of benzene rings is 1. The number of anilines is 1. The number of nitrogens with one attached hydrogen (secondary N) is 1. The molecule has 2 aromatic rings. The van der Waals surface area contributed by atoms with E-state index in [9.17, 15) is 20.0 Å². The van der Waals surface area contributed by atoms with E-state index in [4.69, 9.17) is 11.6 Å². The molecule has 0 fully saturated rings. The number of halogens is 1. The van der Waals surface area contributed by atoms with Crippen LogP contribution in [0.3, 0.4) is 0 Å². The van der Waals surface area contributed by atoms with Crippen molar-refractivity contribution in [2.75, 3.05) is 5.32 Å². The molecule has 2 rings (SSSR count). The van der Waals surface area contributed by atoms with Gasteiger partial charge in [-0.15, -0.1) is 0 Å². The van der Waals surface area contributed by atoms with Crippen LogP contribution < -0.4 is 5.32 Å². The Labute approximate surface area is 136 Å². The van der Waals surface area contributed by atoms with E-state index in [-0.39, 0.29) is 23.0 Å². The molecule has 9 heteroatoms. The average molecular weight is 339 g/mol. The fraction of sp³-hybridized carbons (Fsp3) is 0.286. The quantitative estimate of drug-likeness (QED) is 0.478. The monoisotopic (exact) mass is 338 g/mol. The van der Waals surface area contributed by atoms with Crippen molar-refractivity contribution in [3.8, 4) is 5.75 Å². The highest BCUT2D eigenvalue weighted by Crippen LogP contribution is 2.36. The molecule has 0 saturated carbocycles. The number of phenolic OH excluding ortho intramolecular Hbond substituents is 1. The zero-order valence-corrected chi connectivity index (χ0v) is 13.1. The van der Waals surface area contributed by atoms with Crippen LogP contribution in [0.1, 0.15) is 18.7 Å². The van der Waals surface area contributed by atoms with Gasteiger partial charge in [-0.2, -0.15) is 0 Å². The van der Waals surface area contributed by atoms with Crippen molar-refractivity contribution in [2.45, 2.75) is 26.3 Å². The van der Waals surface area contributed by atoms with Crippen LogP contribution in [0, 0.1) is 17.0 Å². The summed E-state index contributed by atoms with van der Waals surface area (Å²) in [6.45, 7) is 2.49. The van der Waals surface area contributed by atoms with Gasteiger partial charge in [0.2, 0.25) is 11.7 Å². The van der Waals surface area contributed by atoms with Gasteiger partial charge in [0.1, 0.15) is 5.82 Å². The molecule has 1 aromatic heterocycles. The number of rotatable bonds is 6. The number of hydrogen-bond donors (Lipinski definition) is 2. The van der Waals surface area contributed by atoms with Gasteiger partial charge < -0.3 is 15.0 Å². The molecule has 0 unspecified atom stereocenters. The molecule has 0 atom stereocenters. The van der Waals surface area contributed by atoms with Crippen LogP contribution in [-0.2, 0) is 11.3 Å². The average Bonchev–Trinajstić information content (AvgIpc) is 2.87. The Morgan fingerprint density at radius 2 is 2.26 bits per heavy atom. The van der Waals surface area contributed by atoms with E-state index in [0.29, 0.717) is 13.0 Å². The minimum Gasteiger partial charge on any atom is -0.501 e. The van der Waals surface area contributed by atoms with Crippen molar-refractivity contribution >= 4 is 28.9 Å². The maximum atomic E-state index is 11.9. The number of amides is 1. The molecule has 0 spiro atoms. The zero-order valence-electron chi connectivity index (χ0n) is 12.3. The number of aromatic hydroxyl groups is 1. The Kier molecular flexibility index (Phi) is 5.17. The van der Waals surface area contributed by atoms with Crippen LogP contribution in [-0.4, -0.2) is 25.5 Å². The van der Waals surface area contributed by atoms with Gasteiger partial charge in [0.05, 0.1) is 10.6 Å². The summed E-state index contributed by atoms with van der Waals surface area (Å²) >= 11 is 5.76. The van der Waals surface area contributed by atoms with E-state index in [1.807, 2.05) is 17.7 Å². The van der Waals surface area contributed by atoms with E-state index in [0.717, 1.165) is 11.9 Å². The molecule has 0 saturated heterocycles. The first-order valence-electron chi connectivity index (χ1n) is 6.83. The first kappa shape index (κ1) is 16.8. The summed E-state index contributed by atoms with van der Waals surface area (Å²) in [4.78, 5) is 26.0. The SMILES string of the molecule is Cc1nccn1CCCC(=O)Nc1cc(Cl)cc([N+](=O)[O-])c1O. The number of hydrogen-bond acceptors (Lipinski definition) is 5. The highest BCUT2D eigenvalue weighted by molar-refractivity contribution is 6.31. The van der Waals surface area contributed by atoms with Gasteiger partial charge in [-0.3, -0.25) is 14.9 Å². The van der Waals surface area contributed by atoms with Crippen LogP contribution in [0.5, 0.6) is 5.75 Å². The Morgan fingerprint density at radius 3 is 2.87 bits per heavy atom. The normalized spacial score (nSPS) is 10.5. The summed E-state index contributed by atoms with van der Waals surface area (Å²) in [5.74, 6) is -0.124. The Hall–Kier alpha value is -2.61. The minimum atomic E-state index is -0.765. The number of nitrogens with zero attached hydrogens (tertiary/aromatic N) is 3. The van der Waals surface area contributed by atoms with Crippen LogP contribution in [0.2, 0.25) is 5.02 Å². The topological polar surface area (TPSA) is 110 Å².